The molecular weight excluding hydrogens is 382 g/mol. The predicted octanol–water partition coefficient (Wildman–Crippen LogP) is 3.87. The zero-order chi connectivity index (χ0) is 19.8. The summed E-state index contributed by atoms with van der Waals surface area (Å²) in [6.45, 7) is 1.35. The second kappa shape index (κ2) is 7.26. The topological polar surface area (TPSA) is 55.2 Å². The number of thiophene rings is 1. The van der Waals surface area contributed by atoms with Crippen molar-refractivity contribution in [1.29, 1.82) is 0 Å². The summed E-state index contributed by atoms with van der Waals surface area (Å²) in [5.74, 6) is 0.245. The van der Waals surface area contributed by atoms with Gasteiger partial charge in [0, 0.05) is 30.1 Å². The molecule has 1 aromatic carbocycles. The van der Waals surface area contributed by atoms with E-state index in [9.17, 15) is 9.59 Å². The molecule has 1 saturated carbocycles. The first-order valence-electron chi connectivity index (χ1n) is 10.1. The summed E-state index contributed by atoms with van der Waals surface area (Å²) in [5.41, 5.74) is 2.60. The van der Waals surface area contributed by atoms with Crippen molar-refractivity contribution in [3.8, 4) is 11.3 Å². The molecule has 29 heavy (non-hydrogen) atoms. The molecule has 2 aliphatic rings. The number of rotatable bonds is 4. The standard InChI is InChI=1S/C23H23N3O2S/c27-21-7-6-20(17-10-15-29-16-17)24-26(21)19-8-13-25(14-9-19)22(28)23(11-12-23)18-4-2-1-3-5-18/h1-7,10,15-16,19H,8-9,11-14H2. The third kappa shape index (κ3) is 3.31. The van der Waals surface area contributed by atoms with E-state index in [1.165, 1.54) is 0 Å². The summed E-state index contributed by atoms with van der Waals surface area (Å²) < 4.78 is 1.62. The van der Waals surface area contributed by atoms with Crippen LogP contribution in [0.2, 0.25) is 0 Å². The number of carbonyl (C=O) groups excluding carboxylic acids is 1. The SMILES string of the molecule is O=C(N1CCC(n2nc(-c3ccsc3)ccc2=O)CC1)C1(c2ccccc2)CC1. The lowest BCUT2D eigenvalue weighted by Crippen LogP contribution is -2.45. The first kappa shape index (κ1) is 18.3. The van der Waals surface area contributed by atoms with E-state index in [-0.39, 0.29) is 22.9 Å². The van der Waals surface area contributed by atoms with Crippen LogP contribution in [0.4, 0.5) is 0 Å². The van der Waals surface area contributed by atoms with Gasteiger partial charge in [0.1, 0.15) is 0 Å². The summed E-state index contributed by atoms with van der Waals surface area (Å²) in [5, 5.41) is 8.67. The Morgan fingerprint density at radius 2 is 1.79 bits per heavy atom. The van der Waals surface area contributed by atoms with Gasteiger partial charge in [-0.2, -0.15) is 16.4 Å². The number of benzene rings is 1. The largest absolute Gasteiger partial charge is 0.342 e. The molecule has 0 radical (unpaired) electrons. The Morgan fingerprint density at radius 3 is 2.45 bits per heavy atom. The molecule has 5 nitrogen and oxygen atoms in total. The van der Waals surface area contributed by atoms with Crippen LogP contribution in [-0.2, 0) is 10.2 Å². The van der Waals surface area contributed by atoms with Crippen LogP contribution in [0.25, 0.3) is 11.3 Å². The van der Waals surface area contributed by atoms with E-state index >= 15 is 0 Å². The van der Waals surface area contributed by atoms with Crippen molar-refractivity contribution in [2.24, 2.45) is 0 Å². The Hall–Kier alpha value is -2.73. The van der Waals surface area contributed by atoms with Crippen LogP contribution in [0.15, 0.2) is 64.1 Å². The van der Waals surface area contributed by atoms with E-state index in [1.54, 1.807) is 28.2 Å². The number of likely N-dealkylation sites (tertiary alicyclic amines) is 1. The number of hydrogen-bond donors (Lipinski definition) is 0. The molecule has 3 heterocycles. The highest BCUT2D eigenvalue weighted by atomic mass is 32.1. The van der Waals surface area contributed by atoms with Crippen LogP contribution in [-0.4, -0.2) is 33.7 Å². The Balaban J connectivity index is 1.31. The number of amides is 1. The van der Waals surface area contributed by atoms with E-state index in [4.69, 9.17) is 0 Å². The molecular formula is C23H23N3O2S. The summed E-state index contributed by atoms with van der Waals surface area (Å²) >= 11 is 1.62. The van der Waals surface area contributed by atoms with Crippen molar-refractivity contribution in [3.63, 3.8) is 0 Å². The first-order valence-corrected chi connectivity index (χ1v) is 11.1. The molecule has 148 valence electrons. The average Bonchev–Trinajstić information content (AvgIpc) is 3.41. The molecule has 0 spiro atoms. The lowest BCUT2D eigenvalue weighted by atomic mass is 9.93. The zero-order valence-electron chi connectivity index (χ0n) is 16.2. The van der Waals surface area contributed by atoms with E-state index in [2.05, 4.69) is 17.2 Å². The normalized spacial score (nSPS) is 18.6. The van der Waals surface area contributed by atoms with Gasteiger partial charge < -0.3 is 4.90 Å². The Morgan fingerprint density at radius 1 is 1.03 bits per heavy atom. The quantitative estimate of drug-likeness (QED) is 0.662. The molecule has 0 bridgehead atoms. The van der Waals surface area contributed by atoms with E-state index in [0.717, 1.165) is 42.5 Å². The van der Waals surface area contributed by atoms with E-state index in [1.807, 2.05) is 39.9 Å². The molecule has 6 heteroatoms. The third-order valence-electron chi connectivity index (χ3n) is 6.23. The second-order valence-corrected chi connectivity index (χ2v) is 8.76. The maximum absolute atomic E-state index is 13.2. The smallest absolute Gasteiger partial charge is 0.267 e. The van der Waals surface area contributed by atoms with Crippen LogP contribution in [0.3, 0.4) is 0 Å². The summed E-state index contributed by atoms with van der Waals surface area (Å²) in [6.07, 6.45) is 3.38. The zero-order valence-corrected chi connectivity index (χ0v) is 17.0. The summed E-state index contributed by atoms with van der Waals surface area (Å²) in [6, 6.07) is 15.6. The Kier molecular flexibility index (Phi) is 4.59. The van der Waals surface area contributed by atoms with Gasteiger partial charge in [0.2, 0.25) is 5.91 Å². The van der Waals surface area contributed by atoms with Gasteiger partial charge in [-0.15, -0.1) is 0 Å². The number of hydrogen-bond acceptors (Lipinski definition) is 4. The van der Waals surface area contributed by atoms with Gasteiger partial charge in [-0.05, 0) is 48.8 Å². The summed E-state index contributed by atoms with van der Waals surface area (Å²) in [4.78, 5) is 27.7. The molecule has 0 atom stereocenters. The first-order chi connectivity index (χ1) is 14.2. The van der Waals surface area contributed by atoms with E-state index in [0.29, 0.717) is 13.1 Å². The van der Waals surface area contributed by atoms with Crippen LogP contribution in [0.5, 0.6) is 0 Å². The fourth-order valence-corrected chi connectivity index (χ4v) is 5.03. The molecule has 1 amide bonds. The van der Waals surface area contributed by atoms with Gasteiger partial charge in [-0.3, -0.25) is 9.59 Å². The molecule has 1 aliphatic carbocycles. The van der Waals surface area contributed by atoms with Gasteiger partial charge in [-0.25, -0.2) is 4.68 Å². The van der Waals surface area contributed by atoms with Crippen molar-refractivity contribution < 1.29 is 4.79 Å². The Labute approximate surface area is 173 Å². The van der Waals surface area contributed by atoms with Crippen LogP contribution >= 0.6 is 11.3 Å². The van der Waals surface area contributed by atoms with Crippen LogP contribution < -0.4 is 5.56 Å². The van der Waals surface area contributed by atoms with Gasteiger partial charge in [0.25, 0.3) is 5.56 Å². The number of aromatic nitrogens is 2. The van der Waals surface area contributed by atoms with Gasteiger partial charge in [0.05, 0.1) is 17.2 Å². The van der Waals surface area contributed by atoms with Gasteiger partial charge in [0.15, 0.2) is 0 Å². The molecule has 2 fully saturated rings. The van der Waals surface area contributed by atoms with Crippen molar-refractivity contribution in [2.75, 3.05) is 13.1 Å². The van der Waals surface area contributed by atoms with E-state index < -0.39 is 0 Å². The highest BCUT2D eigenvalue weighted by Crippen LogP contribution is 2.50. The van der Waals surface area contributed by atoms with Crippen molar-refractivity contribution in [1.82, 2.24) is 14.7 Å². The molecule has 3 aromatic rings. The van der Waals surface area contributed by atoms with Gasteiger partial charge >= 0.3 is 0 Å². The minimum Gasteiger partial charge on any atom is -0.342 e. The lowest BCUT2D eigenvalue weighted by Gasteiger charge is -2.34. The van der Waals surface area contributed by atoms with Crippen molar-refractivity contribution in [2.45, 2.75) is 37.1 Å². The van der Waals surface area contributed by atoms with Crippen molar-refractivity contribution in [3.05, 3.63) is 75.2 Å². The Bertz CT molecular complexity index is 1060. The second-order valence-electron chi connectivity index (χ2n) is 7.98. The maximum Gasteiger partial charge on any atom is 0.267 e. The number of nitrogens with zero attached hydrogens (tertiary/aromatic N) is 3. The van der Waals surface area contributed by atoms with Crippen LogP contribution in [0.1, 0.15) is 37.3 Å². The third-order valence-corrected chi connectivity index (χ3v) is 6.91. The molecule has 0 unspecified atom stereocenters. The monoisotopic (exact) mass is 405 g/mol. The highest BCUT2D eigenvalue weighted by molar-refractivity contribution is 7.08. The fourth-order valence-electron chi connectivity index (χ4n) is 4.38. The van der Waals surface area contributed by atoms with Crippen LogP contribution in [0, 0.1) is 0 Å². The minimum atomic E-state index is -0.317. The molecule has 1 aliphatic heterocycles. The molecule has 5 rings (SSSR count). The predicted molar refractivity (Wildman–Crippen MR) is 114 cm³/mol. The highest BCUT2D eigenvalue weighted by Gasteiger charge is 2.53. The van der Waals surface area contributed by atoms with Gasteiger partial charge in [-0.1, -0.05) is 30.3 Å². The average molecular weight is 406 g/mol. The molecule has 2 aromatic heterocycles. The number of carbonyl (C=O) groups is 1. The maximum atomic E-state index is 13.2. The molecule has 1 saturated heterocycles. The fraction of sp³-hybridized carbons (Fsp3) is 0.348. The lowest BCUT2D eigenvalue weighted by molar-refractivity contribution is -0.135. The summed E-state index contributed by atoms with van der Waals surface area (Å²) in [7, 11) is 0. The molecule has 0 N–H and O–H groups in total. The minimum absolute atomic E-state index is 0.0389. The number of piperidine rings is 1. The van der Waals surface area contributed by atoms with Crippen molar-refractivity contribution >= 4 is 17.2 Å².